The summed E-state index contributed by atoms with van der Waals surface area (Å²) in [6, 6.07) is 18.3. The van der Waals surface area contributed by atoms with Crippen molar-refractivity contribution in [3.8, 4) is 0 Å². The number of hydrogen-bond donors (Lipinski definition) is 3. The summed E-state index contributed by atoms with van der Waals surface area (Å²) in [4.78, 5) is 11.6. The fourth-order valence-electron chi connectivity index (χ4n) is 2.21. The van der Waals surface area contributed by atoms with Crippen molar-refractivity contribution >= 4 is 17.3 Å². The number of carbonyl (C=O) groups is 1. The molecule has 4 nitrogen and oxygen atoms in total. The van der Waals surface area contributed by atoms with E-state index in [0.717, 1.165) is 11.4 Å². The van der Waals surface area contributed by atoms with Gasteiger partial charge in [-0.25, -0.2) is 0 Å². The van der Waals surface area contributed by atoms with E-state index in [4.69, 9.17) is 5.73 Å². The monoisotopic (exact) mass is 297 g/mol. The van der Waals surface area contributed by atoms with Gasteiger partial charge in [-0.15, -0.1) is 0 Å². The molecule has 2 aromatic carbocycles. The van der Waals surface area contributed by atoms with Crippen LogP contribution in [0.25, 0.3) is 0 Å². The van der Waals surface area contributed by atoms with Crippen molar-refractivity contribution < 1.29 is 4.79 Å². The lowest BCUT2D eigenvalue weighted by Gasteiger charge is -2.16. The lowest BCUT2D eigenvalue weighted by Crippen LogP contribution is -2.13. The minimum absolute atomic E-state index is 0.00353. The van der Waals surface area contributed by atoms with Crippen molar-refractivity contribution in [2.45, 2.75) is 25.8 Å². The Bertz CT molecular complexity index is 581. The highest BCUT2D eigenvalue weighted by Crippen LogP contribution is 2.20. The maximum atomic E-state index is 11.6. The Labute approximate surface area is 131 Å². The molecule has 0 aliphatic heterocycles. The highest BCUT2D eigenvalue weighted by Gasteiger charge is 2.05. The highest BCUT2D eigenvalue weighted by atomic mass is 16.1. The third-order valence-electron chi connectivity index (χ3n) is 3.46. The molecule has 1 amide bonds. The smallest absolute Gasteiger partial charge is 0.224 e. The molecule has 0 fully saturated rings. The number of benzene rings is 2. The van der Waals surface area contributed by atoms with Crippen LogP contribution in [0.1, 0.15) is 31.4 Å². The lowest BCUT2D eigenvalue weighted by molar-refractivity contribution is -0.116. The number of nitrogens with two attached hydrogens (primary N) is 1. The highest BCUT2D eigenvalue weighted by molar-refractivity contribution is 5.90. The molecule has 0 aliphatic carbocycles. The van der Waals surface area contributed by atoms with Crippen molar-refractivity contribution in [1.82, 2.24) is 0 Å². The topological polar surface area (TPSA) is 67.1 Å². The summed E-state index contributed by atoms with van der Waals surface area (Å²) in [5.41, 5.74) is 8.46. The van der Waals surface area contributed by atoms with Gasteiger partial charge in [0, 0.05) is 23.8 Å². The van der Waals surface area contributed by atoms with E-state index in [1.807, 2.05) is 42.5 Å². The number of nitrogens with one attached hydrogen (secondary N) is 2. The molecule has 0 spiro atoms. The Balaban J connectivity index is 1.90. The fourth-order valence-corrected chi connectivity index (χ4v) is 2.21. The first kappa shape index (κ1) is 16.0. The number of amides is 1. The number of rotatable bonds is 7. The summed E-state index contributed by atoms with van der Waals surface area (Å²) in [6.07, 6.45) is 1.17. The van der Waals surface area contributed by atoms with E-state index >= 15 is 0 Å². The quantitative estimate of drug-likeness (QED) is 0.732. The summed E-state index contributed by atoms with van der Waals surface area (Å²) < 4.78 is 0. The van der Waals surface area contributed by atoms with Crippen LogP contribution in [-0.2, 0) is 4.79 Å². The summed E-state index contributed by atoms with van der Waals surface area (Å²) in [5.74, 6) is 0.00353. The molecule has 2 aromatic rings. The molecule has 0 bridgehead atoms. The Kier molecular flexibility index (Phi) is 5.98. The van der Waals surface area contributed by atoms with Crippen LogP contribution in [0.2, 0.25) is 0 Å². The zero-order chi connectivity index (χ0) is 15.8. The molecule has 0 heterocycles. The Hall–Kier alpha value is -2.33. The standard InChI is InChI=1S/C18H23N3O/c1-14(15-6-3-2-4-7-15)20-16-9-11-17(12-10-16)21-18(22)8-5-13-19/h2-4,6-7,9-12,14,20H,5,8,13,19H2,1H3,(H,21,22). The van der Waals surface area contributed by atoms with Crippen LogP contribution in [0.15, 0.2) is 54.6 Å². The minimum atomic E-state index is 0.00353. The van der Waals surface area contributed by atoms with E-state index in [9.17, 15) is 4.79 Å². The van der Waals surface area contributed by atoms with E-state index < -0.39 is 0 Å². The van der Waals surface area contributed by atoms with Gasteiger partial charge in [0.05, 0.1) is 0 Å². The predicted molar refractivity (Wildman–Crippen MR) is 91.8 cm³/mol. The fraction of sp³-hybridized carbons (Fsp3) is 0.278. The summed E-state index contributed by atoms with van der Waals surface area (Å²) >= 11 is 0. The van der Waals surface area contributed by atoms with Crippen LogP contribution in [0.4, 0.5) is 11.4 Å². The normalized spacial score (nSPS) is 11.7. The van der Waals surface area contributed by atoms with Crippen molar-refractivity contribution in [2.75, 3.05) is 17.2 Å². The van der Waals surface area contributed by atoms with Crippen LogP contribution in [-0.4, -0.2) is 12.5 Å². The van der Waals surface area contributed by atoms with Gasteiger partial charge in [0.15, 0.2) is 0 Å². The molecule has 0 radical (unpaired) electrons. The zero-order valence-electron chi connectivity index (χ0n) is 12.9. The zero-order valence-corrected chi connectivity index (χ0v) is 12.9. The number of hydrogen-bond acceptors (Lipinski definition) is 3. The van der Waals surface area contributed by atoms with Crippen LogP contribution in [0, 0.1) is 0 Å². The molecule has 0 saturated carbocycles. The third kappa shape index (κ3) is 4.90. The molecular weight excluding hydrogens is 274 g/mol. The van der Waals surface area contributed by atoms with E-state index in [-0.39, 0.29) is 11.9 Å². The molecule has 2 rings (SSSR count). The Morgan fingerprint density at radius 2 is 1.68 bits per heavy atom. The maximum absolute atomic E-state index is 11.6. The van der Waals surface area contributed by atoms with Gasteiger partial charge in [-0.2, -0.15) is 0 Å². The van der Waals surface area contributed by atoms with Crippen LogP contribution < -0.4 is 16.4 Å². The lowest BCUT2D eigenvalue weighted by atomic mass is 10.1. The van der Waals surface area contributed by atoms with Crippen molar-refractivity contribution in [1.29, 1.82) is 0 Å². The average molecular weight is 297 g/mol. The second-order valence-electron chi connectivity index (χ2n) is 5.29. The van der Waals surface area contributed by atoms with Crippen LogP contribution in [0.3, 0.4) is 0 Å². The second-order valence-corrected chi connectivity index (χ2v) is 5.29. The van der Waals surface area contributed by atoms with Crippen molar-refractivity contribution in [2.24, 2.45) is 5.73 Å². The Morgan fingerprint density at radius 3 is 2.32 bits per heavy atom. The first-order valence-electron chi connectivity index (χ1n) is 7.60. The Morgan fingerprint density at radius 1 is 1.05 bits per heavy atom. The van der Waals surface area contributed by atoms with Gasteiger partial charge in [-0.1, -0.05) is 30.3 Å². The molecule has 0 aromatic heterocycles. The molecule has 4 heteroatoms. The second kappa shape index (κ2) is 8.20. The average Bonchev–Trinajstić information content (AvgIpc) is 2.55. The van der Waals surface area contributed by atoms with E-state index in [2.05, 4.69) is 29.7 Å². The van der Waals surface area contributed by atoms with Gasteiger partial charge in [-0.3, -0.25) is 4.79 Å². The van der Waals surface area contributed by atoms with Gasteiger partial charge in [0.2, 0.25) is 5.91 Å². The number of carbonyl (C=O) groups excluding carboxylic acids is 1. The molecule has 22 heavy (non-hydrogen) atoms. The summed E-state index contributed by atoms with van der Waals surface area (Å²) in [6.45, 7) is 2.66. The SMILES string of the molecule is CC(Nc1ccc(NC(=O)CCCN)cc1)c1ccccc1. The maximum Gasteiger partial charge on any atom is 0.224 e. The predicted octanol–water partition coefficient (Wildman–Crippen LogP) is 3.54. The minimum Gasteiger partial charge on any atom is -0.379 e. The largest absolute Gasteiger partial charge is 0.379 e. The summed E-state index contributed by atoms with van der Waals surface area (Å²) in [7, 11) is 0. The summed E-state index contributed by atoms with van der Waals surface area (Å²) in [5, 5.41) is 6.31. The molecular formula is C18H23N3O. The first-order chi connectivity index (χ1) is 10.7. The van der Waals surface area contributed by atoms with Gasteiger partial charge in [0.25, 0.3) is 0 Å². The van der Waals surface area contributed by atoms with Crippen molar-refractivity contribution in [3.63, 3.8) is 0 Å². The van der Waals surface area contributed by atoms with Crippen molar-refractivity contribution in [3.05, 3.63) is 60.2 Å². The molecule has 1 atom stereocenters. The molecule has 116 valence electrons. The van der Waals surface area contributed by atoms with Crippen LogP contribution in [0.5, 0.6) is 0 Å². The van der Waals surface area contributed by atoms with Gasteiger partial charge < -0.3 is 16.4 Å². The molecule has 4 N–H and O–H groups in total. The van der Waals surface area contributed by atoms with E-state index in [1.54, 1.807) is 0 Å². The third-order valence-corrected chi connectivity index (χ3v) is 3.46. The van der Waals surface area contributed by atoms with Gasteiger partial charge >= 0.3 is 0 Å². The molecule has 1 unspecified atom stereocenters. The van der Waals surface area contributed by atoms with Gasteiger partial charge in [0.1, 0.15) is 0 Å². The van der Waals surface area contributed by atoms with Crippen LogP contribution >= 0.6 is 0 Å². The first-order valence-corrected chi connectivity index (χ1v) is 7.60. The van der Waals surface area contributed by atoms with E-state index in [1.165, 1.54) is 5.56 Å². The molecule has 0 aliphatic rings. The van der Waals surface area contributed by atoms with Gasteiger partial charge in [-0.05, 0) is 49.7 Å². The number of anilines is 2. The van der Waals surface area contributed by atoms with E-state index in [0.29, 0.717) is 19.4 Å². The molecule has 0 saturated heterocycles.